The lowest BCUT2D eigenvalue weighted by Gasteiger charge is -2.06. The van der Waals surface area contributed by atoms with Crippen molar-refractivity contribution in [2.24, 2.45) is 0 Å². The van der Waals surface area contributed by atoms with Crippen LogP contribution in [0.25, 0.3) is 0 Å². The van der Waals surface area contributed by atoms with E-state index in [1.807, 2.05) is 26.0 Å². The fraction of sp³-hybridized carbons (Fsp3) is 0.188. The molecule has 2 aromatic rings. The lowest BCUT2D eigenvalue weighted by Crippen LogP contribution is -2.11. The van der Waals surface area contributed by atoms with Gasteiger partial charge in [0.2, 0.25) is 0 Å². The van der Waals surface area contributed by atoms with Crippen LogP contribution < -0.4 is 0 Å². The highest BCUT2D eigenvalue weighted by molar-refractivity contribution is 7.85. The molecule has 2 aromatic carbocycles. The number of rotatable bonds is 4. The Bertz CT molecular complexity index is 665. The van der Waals surface area contributed by atoms with Crippen LogP contribution in [-0.2, 0) is 10.8 Å². The molecule has 2 rings (SSSR count). The summed E-state index contributed by atoms with van der Waals surface area (Å²) in [5.41, 5.74) is 2.61. The van der Waals surface area contributed by atoms with Gasteiger partial charge in [-0.2, -0.15) is 0 Å². The molecule has 0 bridgehead atoms. The number of hydrogen-bond acceptors (Lipinski definition) is 2. The minimum Gasteiger partial charge on any atom is -0.293 e. The van der Waals surface area contributed by atoms with Crippen molar-refractivity contribution >= 4 is 39.8 Å². The van der Waals surface area contributed by atoms with E-state index in [9.17, 15) is 9.00 Å². The molecule has 0 spiro atoms. The molecule has 0 N–H and O–H groups in total. The van der Waals surface area contributed by atoms with Crippen LogP contribution in [0.5, 0.6) is 0 Å². The maximum atomic E-state index is 12.3. The van der Waals surface area contributed by atoms with Gasteiger partial charge in [0.25, 0.3) is 0 Å². The Morgan fingerprint density at radius 1 is 1.00 bits per heavy atom. The lowest BCUT2D eigenvalue weighted by atomic mass is 10.1. The molecule has 0 aliphatic carbocycles. The number of ketones is 1. The molecule has 0 aromatic heterocycles. The largest absolute Gasteiger partial charge is 0.293 e. The third-order valence-electron chi connectivity index (χ3n) is 3.25. The van der Waals surface area contributed by atoms with Gasteiger partial charge in [0, 0.05) is 10.5 Å². The van der Waals surface area contributed by atoms with Crippen LogP contribution in [0.2, 0.25) is 10.0 Å². The summed E-state index contributed by atoms with van der Waals surface area (Å²) in [6, 6.07) is 10.2. The summed E-state index contributed by atoms with van der Waals surface area (Å²) in [5, 5.41) is 0.711. The monoisotopic (exact) mass is 340 g/mol. The van der Waals surface area contributed by atoms with Gasteiger partial charge in [0.05, 0.1) is 26.6 Å². The van der Waals surface area contributed by atoms with Crippen LogP contribution in [0.1, 0.15) is 21.5 Å². The zero-order valence-corrected chi connectivity index (χ0v) is 14.0. The van der Waals surface area contributed by atoms with Gasteiger partial charge in [-0.15, -0.1) is 0 Å². The molecule has 110 valence electrons. The molecule has 0 amide bonds. The average Bonchev–Trinajstić information content (AvgIpc) is 2.44. The van der Waals surface area contributed by atoms with Crippen molar-refractivity contribution < 1.29 is 9.00 Å². The Morgan fingerprint density at radius 2 is 1.71 bits per heavy atom. The fourth-order valence-electron chi connectivity index (χ4n) is 1.81. The van der Waals surface area contributed by atoms with E-state index in [1.54, 1.807) is 18.2 Å². The zero-order chi connectivity index (χ0) is 15.6. The van der Waals surface area contributed by atoms with Crippen molar-refractivity contribution in [3.05, 3.63) is 63.1 Å². The van der Waals surface area contributed by atoms with E-state index >= 15 is 0 Å². The lowest BCUT2D eigenvalue weighted by molar-refractivity contribution is 0.102. The van der Waals surface area contributed by atoms with Crippen molar-refractivity contribution in [2.45, 2.75) is 18.7 Å². The summed E-state index contributed by atoms with van der Waals surface area (Å²) in [5.74, 6) is -0.286. The predicted molar refractivity (Wildman–Crippen MR) is 88.0 cm³/mol. The van der Waals surface area contributed by atoms with Crippen LogP contribution in [-0.4, -0.2) is 15.7 Å². The smallest absolute Gasteiger partial charge is 0.175 e. The molecule has 0 heterocycles. The van der Waals surface area contributed by atoms with Gasteiger partial charge in [0.1, 0.15) is 0 Å². The van der Waals surface area contributed by atoms with E-state index < -0.39 is 10.8 Å². The first-order valence-corrected chi connectivity index (χ1v) is 8.40. The van der Waals surface area contributed by atoms with Crippen LogP contribution in [0, 0.1) is 13.8 Å². The van der Waals surface area contributed by atoms with Crippen molar-refractivity contribution in [1.82, 2.24) is 0 Å². The number of benzene rings is 2. The summed E-state index contributed by atoms with van der Waals surface area (Å²) in [6.45, 7) is 3.94. The molecule has 0 saturated heterocycles. The highest BCUT2D eigenvalue weighted by Gasteiger charge is 2.14. The third-order valence-corrected chi connectivity index (χ3v) is 5.29. The zero-order valence-electron chi connectivity index (χ0n) is 11.7. The molecular weight excluding hydrogens is 327 g/mol. The van der Waals surface area contributed by atoms with Crippen LogP contribution in [0.15, 0.2) is 41.3 Å². The first-order chi connectivity index (χ1) is 9.88. The summed E-state index contributed by atoms with van der Waals surface area (Å²) in [6.07, 6.45) is 0. The summed E-state index contributed by atoms with van der Waals surface area (Å²) in [4.78, 5) is 12.8. The van der Waals surface area contributed by atoms with Crippen LogP contribution in [0.4, 0.5) is 0 Å². The maximum Gasteiger partial charge on any atom is 0.175 e. The maximum absolute atomic E-state index is 12.3. The van der Waals surface area contributed by atoms with Crippen molar-refractivity contribution in [3.8, 4) is 0 Å². The molecule has 0 aliphatic rings. The highest BCUT2D eigenvalue weighted by Crippen LogP contribution is 2.23. The first kappa shape index (κ1) is 16.2. The highest BCUT2D eigenvalue weighted by atomic mass is 35.5. The average molecular weight is 341 g/mol. The van der Waals surface area contributed by atoms with Gasteiger partial charge in [-0.3, -0.25) is 9.00 Å². The molecular formula is C16H14Cl2O2S. The first-order valence-electron chi connectivity index (χ1n) is 6.32. The van der Waals surface area contributed by atoms with E-state index in [0.29, 0.717) is 20.5 Å². The Labute approximate surface area is 136 Å². The Morgan fingerprint density at radius 3 is 2.33 bits per heavy atom. The summed E-state index contributed by atoms with van der Waals surface area (Å²) < 4.78 is 12.3. The number of aryl methyl sites for hydroxylation is 2. The minimum atomic E-state index is -1.37. The van der Waals surface area contributed by atoms with Gasteiger partial charge in [-0.1, -0.05) is 29.3 Å². The van der Waals surface area contributed by atoms with E-state index in [-0.39, 0.29) is 11.5 Å². The molecule has 2 nitrogen and oxygen atoms in total. The SMILES string of the molecule is Cc1ccc(S(=O)CC(=O)c2ccc(Cl)c(Cl)c2)cc1C. The Hall–Kier alpha value is -1.16. The second-order valence-electron chi connectivity index (χ2n) is 4.79. The summed E-state index contributed by atoms with van der Waals surface area (Å²) in [7, 11) is -1.37. The van der Waals surface area contributed by atoms with Gasteiger partial charge < -0.3 is 0 Å². The molecule has 1 atom stereocenters. The van der Waals surface area contributed by atoms with E-state index in [0.717, 1.165) is 11.1 Å². The van der Waals surface area contributed by atoms with Gasteiger partial charge in [-0.05, 0) is 55.3 Å². The summed E-state index contributed by atoms with van der Waals surface area (Å²) >= 11 is 11.7. The fourth-order valence-corrected chi connectivity index (χ4v) is 3.21. The van der Waals surface area contributed by atoms with Gasteiger partial charge in [-0.25, -0.2) is 0 Å². The quantitative estimate of drug-likeness (QED) is 0.762. The molecule has 0 saturated carbocycles. The number of carbonyl (C=O) groups is 1. The van der Waals surface area contributed by atoms with Crippen LogP contribution >= 0.6 is 23.2 Å². The van der Waals surface area contributed by atoms with E-state index in [2.05, 4.69) is 0 Å². The number of Topliss-reactive ketones (excluding diaryl/α,β-unsaturated/α-hetero) is 1. The normalized spacial score (nSPS) is 12.2. The molecule has 0 radical (unpaired) electrons. The molecule has 5 heteroatoms. The predicted octanol–water partition coefficient (Wildman–Crippen LogP) is 4.60. The van der Waals surface area contributed by atoms with Gasteiger partial charge in [0.15, 0.2) is 5.78 Å². The Kier molecular flexibility index (Phi) is 5.20. The molecule has 1 unspecified atom stereocenters. The Balaban J connectivity index is 2.16. The third kappa shape index (κ3) is 3.94. The number of carbonyl (C=O) groups excluding carboxylic acids is 1. The van der Waals surface area contributed by atoms with Gasteiger partial charge >= 0.3 is 0 Å². The minimum absolute atomic E-state index is 0.0690. The topological polar surface area (TPSA) is 34.1 Å². The second kappa shape index (κ2) is 6.73. The second-order valence-corrected chi connectivity index (χ2v) is 7.05. The standard InChI is InChI=1S/C16H14Cl2O2S/c1-10-3-5-13(7-11(10)2)21(20)9-16(19)12-4-6-14(17)15(18)8-12/h3-8H,9H2,1-2H3. The molecule has 21 heavy (non-hydrogen) atoms. The van der Waals surface area contributed by atoms with Crippen molar-refractivity contribution in [1.29, 1.82) is 0 Å². The number of halogens is 2. The van der Waals surface area contributed by atoms with E-state index in [1.165, 1.54) is 6.07 Å². The van der Waals surface area contributed by atoms with Crippen molar-refractivity contribution in [2.75, 3.05) is 5.75 Å². The van der Waals surface area contributed by atoms with Crippen LogP contribution in [0.3, 0.4) is 0 Å². The van der Waals surface area contributed by atoms with E-state index in [4.69, 9.17) is 23.2 Å². The number of hydrogen-bond donors (Lipinski definition) is 0. The molecule has 0 aliphatic heterocycles. The van der Waals surface area contributed by atoms with Crippen molar-refractivity contribution in [3.63, 3.8) is 0 Å². The molecule has 0 fully saturated rings.